The van der Waals surface area contributed by atoms with Crippen LogP contribution in [0.1, 0.15) is 38.7 Å². The van der Waals surface area contributed by atoms with Gasteiger partial charge in [0, 0.05) is 6.08 Å². The molecule has 0 heterocycles. The average molecular weight is 362 g/mol. The van der Waals surface area contributed by atoms with Gasteiger partial charge in [0.25, 0.3) is 0 Å². The quantitative estimate of drug-likeness (QED) is 0.355. The molecule has 6 nitrogen and oxygen atoms in total. The van der Waals surface area contributed by atoms with Crippen LogP contribution < -0.4 is 0 Å². The van der Waals surface area contributed by atoms with E-state index < -0.39 is 24.0 Å². The van der Waals surface area contributed by atoms with Gasteiger partial charge < -0.3 is 14.2 Å². The number of carbonyl (C=O) groups excluding carboxylic acids is 3. The Bertz CT molecular complexity index is 596. The summed E-state index contributed by atoms with van der Waals surface area (Å²) in [5.74, 6) is -1.35. The van der Waals surface area contributed by atoms with Gasteiger partial charge in [-0.15, -0.1) is 0 Å². The van der Waals surface area contributed by atoms with Crippen molar-refractivity contribution in [1.29, 1.82) is 0 Å². The van der Waals surface area contributed by atoms with Crippen LogP contribution in [0.4, 0.5) is 4.79 Å². The van der Waals surface area contributed by atoms with Crippen LogP contribution in [0.25, 0.3) is 0 Å². The van der Waals surface area contributed by atoms with E-state index in [0.717, 1.165) is 11.6 Å². The molecule has 0 saturated carbocycles. The molecular weight excluding hydrogens is 336 g/mol. The summed E-state index contributed by atoms with van der Waals surface area (Å²) in [7, 11) is 0. The van der Waals surface area contributed by atoms with Crippen LogP contribution in [-0.2, 0) is 30.4 Å². The van der Waals surface area contributed by atoms with Crippen LogP contribution in [-0.4, -0.2) is 24.7 Å². The van der Waals surface area contributed by atoms with E-state index in [1.54, 1.807) is 0 Å². The number of esters is 2. The second kappa shape index (κ2) is 11.8. The SMILES string of the molecule is C=CC(=O)OCCC(C)CC(CC)C(=O)OC(=O)OCc1ccccc1. The minimum Gasteiger partial charge on any atom is -0.463 e. The fourth-order valence-corrected chi connectivity index (χ4v) is 2.36. The highest BCUT2D eigenvalue weighted by molar-refractivity contribution is 5.83. The molecular formula is C20H26O6. The van der Waals surface area contributed by atoms with E-state index in [0.29, 0.717) is 19.3 Å². The van der Waals surface area contributed by atoms with Crippen molar-refractivity contribution in [3.63, 3.8) is 0 Å². The normalized spacial score (nSPS) is 12.5. The summed E-state index contributed by atoms with van der Waals surface area (Å²) < 4.78 is 14.7. The zero-order chi connectivity index (χ0) is 19.4. The largest absolute Gasteiger partial charge is 0.516 e. The Morgan fingerprint density at radius 2 is 1.85 bits per heavy atom. The number of ether oxygens (including phenoxy) is 3. The smallest absolute Gasteiger partial charge is 0.463 e. The Morgan fingerprint density at radius 1 is 1.15 bits per heavy atom. The summed E-state index contributed by atoms with van der Waals surface area (Å²) in [5, 5.41) is 0. The van der Waals surface area contributed by atoms with E-state index in [1.165, 1.54) is 0 Å². The molecule has 0 aliphatic heterocycles. The molecule has 2 unspecified atom stereocenters. The molecule has 0 aliphatic rings. The zero-order valence-corrected chi connectivity index (χ0v) is 15.3. The second-order valence-electron chi connectivity index (χ2n) is 6.05. The van der Waals surface area contributed by atoms with E-state index in [2.05, 4.69) is 6.58 Å². The zero-order valence-electron chi connectivity index (χ0n) is 15.3. The molecule has 1 rings (SSSR count). The lowest BCUT2D eigenvalue weighted by molar-refractivity contribution is -0.146. The van der Waals surface area contributed by atoms with Crippen molar-refractivity contribution in [2.45, 2.75) is 39.7 Å². The van der Waals surface area contributed by atoms with Crippen molar-refractivity contribution in [2.75, 3.05) is 6.61 Å². The lowest BCUT2D eigenvalue weighted by Crippen LogP contribution is -2.23. The molecule has 0 radical (unpaired) electrons. The van der Waals surface area contributed by atoms with E-state index >= 15 is 0 Å². The lowest BCUT2D eigenvalue weighted by Gasteiger charge is -2.17. The Labute approximate surface area is 154 Å². The van der Waals surface area contributed by atoms with Crippen LogP contribution in [0, 0.1) is 11.8 Å². The number of carbonyl (C=O) groups is 3. The summed E-state index contributed by atoms with van der Waals surface area (Å²) >= 11 is 0. The maximum absolute atomic E-state index is 12.1. The van der Waals surface area contributed by atoms with E-state index in [1.807, 2.05) is 44.2 Å². The Kier molecular flexibility index (Phi) is 9.75. The third-order valence-electron chi connectivity index (χ3n) is 3.92. The molecule has 0 amide bonds. The Hall–Kier alpha value is -2.63. The summed E-state index contributed by atoms with van der Waals surface area (Å²) in [4.78, 5) is 34.8. The van der Waals surface area contributed by atoms with Gasteiger partial charge in [-0.25, -0.2) is 9.59 Å². The summed E-state index contributed by atoms with van der Waals surface area (Å²) in [6.07, 6.45) is 1.80. The van der Waals surface area contributed by atoms with E-state index in [-0.39, 0.29) is 19.1 Å². The standard InChI is InChI=1S/C20H26O6/c1-4-17(13-15(3)11-12-24-18(21)5-2)19(22)26-20(23)25-14-16-9-7-6-8-10-16/h5-10,15,17H,2,4,11-14H2,1,3H3. The highest BCUT2D eigenvalue weighted by Gasteiger charge is 2.24. The van der Waals surface area contributed by atoms with Crippen LogP contribution >= 0.6 is 0 Å². The number of hydrogen-bond donors (Lipinski definition) is 0. The first-order chi connectivity index (χ1) is 12.5. The minimum atomic E-state index is -0.995. The number of rotatable bonds is 10. The van der Waals surface area contributed by atoms with E-state index in [4.69, 9.17) is 14.2 Å². The lowest BCUT2D eigenvalue weighted by atomic mass is 9.92. The van der Waals surface area contributed by atoms with Gasteiger partial charge in [0.05, 0.1) is 12.5 Å². The van der Waals surface area contributed by atoms with Gasteiger partial charge in [0.1, 0.15) is 6.61 Å². The monoisotopic (exact) mass is 362 g/mol. The maximum Gasteiger partial charge on any atom is 0.516 e. The Morgan fingerprint density at radius 3 is 2.46 bits per heavy atom. The first-order valence-corrected chi connectivity index (χ1v) is 8.67. The topological polar surface area (TPSA) is 78.9 Å². The van der Waals surface area contributed by atoms with Crippen molar-refractivity contribution in [1.82, 2.24) is 0 Å². The molecule has 2 atom stereocenters. The third-order valence-corrected chi connectivity index (χ3v) is 3.92. The predicted octanol–water partition coefficient (Wildman–Crippen LogP) is 4.04. The van der Waals surface area contributed by atoms with Crippen molar-refractivity contribution in [3.05, 3.63) is 48.6 Å². The third kappa shape index (κ3) is 8.46. The molecule has 142 valence electrons. The van der Waals surface area contributed by atoms with Gasteiger partial charge >= 0.3 is 18.1 Å². The molecule has 0 N–H and O–H groups in total. The number of benzene rings is 1. The molecule has 0 fully saturated rings. The van der Waals surface area contributed by atoms with E-state index in [9.17, 15) is 14.4 Å². The predicted molar refractivity (Wildman–Crippen MR) is 96.1 cm³/mol. The molecule has 6 heteroatoms. The van der Waals surface area contributed by atoms with Crippen molar-refractivity contribution >= 4 is 18.1 Å². The second-order valence-corrected chi connectivity index (χ2v) is 6.05. The molecule has 1 aromatic rings. The fourth-order valence-electron chi connectivity index (χ4n) is 2.36. The summed E-state index contributed by atoms with van der Waals surface area (Å²) in [6.45, 7) is 7.44. The van der Waals surface area contributed by atoms with Crippen LogP contribution in [0.15, 0.2) is 43.0 Å². The highest BCUT2D eigenvalue weighted by atomic mass is 16.7. The van der Waals surface area contributed by atoms with Gasteiger partial charge in [0.2, 0.25) is 0 Å². The fraction of sp³-hybridized carbons (Fsp3) is 0.450. The van der Waals surface area contributed by atoms with Crippen LogP contribution in [0.2, 0.25) is 0 Å². The maximum atomic E-state index is 12.1. The van der Waals surface area contributed by atoms with Gasteiger partial charge in [0.15, 0.2) is 0 Å². The molecule has 0 saturated heterocycles. The Balaban J connectivity index is 2.36. The molecule has 0 spiro atoms. The molecule has 26 heavy (non-hydrogen) atoms. The van der Waals surface area contributed by atoms with Crippen LogP contribution in [0.5, 0.6) is 0 Å². The van der Waals surface area contributed by atoms with Crippen molar-refractivity contribution < 1.29 is 28.6 Å². The minimum absolute atomic E-state index is 0.0504. The highest BCUT2D eigenvalue weighted by Crippen LogP contribution is 2.20. The van der Waals surface area contributed by atoms with Gasteiger partial charge in [-0.05, 0) is 30.7 Å². The van der Waals surface area contributed by atoms with Gasteiger partial charge in [-0.3, -0.25) is 4.79 Å². The molecule has 1 aromatic carbocycles. The summed E-state index contributed by atoms with van der Waals surface area (Å²) in [5.41, 5.74) is 0.812. The average Bonchev–Trinajstić information content (AvgIpc) is 2.64. The van der Waals surface area contributed by atoms with Crippen LogP contribution in [0.3, 0.4) is 0 Å². The first kappa shape index (κ1) is 21.4. The number of hydrogen-bond acceptors (Lipinski definition) is 6. The van der Waals surface area contributed by atoms with Crippen molar-refractivity contribution in [2.24, 2.45) is 11.8 Å². The molecule has 0 bridgehead atoms. The molecule has 0 aliphatic carbocycles. The van der Waals surface area contributed by atoms with Gasteiger partial charge in [-0.1, -0.05) is 50.8 Å². The molecule has 0 aromatic heterocycles. The van der Waals surface area contributed by atoms with Crippen molar-refractivity contribution in [3.8, 4) is 0 Å². The first-order valence-electron chi connectivity index (χ1n) is 8.67. The van der Waals surface area contributed by atoms with Gasteiger partial charge in [-0.2, -0.15) is 0 Å². The summed E-state index contributed by atoms with van der Waals surface area (Å²) in [6, 6.07) is 9.14.